The average Bonchev–Trinajstić information content (AvgIpc) is 3.23. The third kappa shape index (κ3) is 4.17. The molecule has 0 unspecified atom stereocenters. The van der Waals surface area contributed by atoms with E-state index >= 15 is 0 Å². The quantitative estimate of drug-likeness (QED) is 0.451. The van der Waals surface area contributed by atoms with Gasteiger partial charge >= 0.3 is 0 Å². The number of fused-ring (bicyclic) bond motifs is 1. The molecule has 0 saturated carbocycles. The number of halogens is 1. The van der Waals surface area contributed by atoms with E-state index in [9.17, 15) is 4.79 Å². The molecule has 0 aliphatic carbocycles. The molecule has 0 spiro atoms. The van der Waals surface area contributed by atoms with Crippen molar-refractivity contribution in [1.29, 1.82) is 0 Å². The molecule has 0 radical (unpaired) electrons. The van der Waals surface area contributed by atoms with Crippen molar-refractivity contribution in [1.82, 2.24) is 4.37 Å². The molecule has 27 heavy (non-hydrogen) atoms. The Morgan fingerprint density at radius 3 is 2.70 bits per heavy atom. The third-order valence-electron chi connectivity index (χ3n) is 4.90. The molecule has 1 aromatic carbocycles. The summed E-state index contributed by atoms with van der Waals surface area (Å²) in [4.78, 5) is 16.0. The fraction of sp³-hybridized carbons (Fsp3) is 0.368. The lowest BCUT2D eigenvalue weighted by Crippen LogP contribution is -3.13. The Hall–Kier alpha value is -1.12. The number of aromatic nitrogens is 1. The van der Waals surface area contributed by atoms with Gasteiger partial charge in [-0.15, -0.1) is 23.1 Å². The predicted molar refractivity (Wildman–Crippen MR) is 117 cm³/mol. The van der Waals surface area contributed by atoms with Gasteiger partial charge in [-0.2, -0.15) is 4.37 Å². The molecular weight excluding hydrogens is 418 g/mol. The smallest absolute Gasteiger partial charge is 0.205 e. The van der Waals surface area contributed by atoms with Crippen LogP contribution in [0, 0.1) is 0 Å². The van der Waals surface area contributed by atoms with E-state index in [-0.39, 0.29) is 5.78 Å². The van der Waals surface area contributed by atoms with Crippen molar-refractivity contribution >= 4 is 67.9 Å². The first-order valence-electron chi connectivity index (χ1n) is 9.08. The summed E-state index contributed by atoms with van der Waals surface area (Å²) in [6.07, 6.45) is 4.07. The topological polar surface area (TPSA) is 60.4 Å². The number of carbonyl (C=O) groups is 1. The number of piperidine rings is 1. The lowest BCUT2D eigenvalue weighted by Gasteiger charge is -2.23. The fourth-order valence-corrected chi connectivity index (χ4v) is 6.91. The van der Waals surface area contributed by atoms with Crippen molar-refractivity contribution < 1.29 is 9.69 Å². The van der Waals surface area contributed by atoms with Crippen LogP contribution in [0.25, 0.3) is 10.2 Å². The lowest BCUT2D eigenvalue weighted by molar-refractivity contribution is -0.902. The van der Waals surface area contributed by atoms with Crippen LogP contribution in [-0.2, 0) is 0 Å². The monoisotopic (exact) mass is 438 g/mol. The summed E-state index contributed by atoms with van der Waals surface area (Å²) in [7, 11) is 0. The lowest BCUT2D eigenvalue weighted by atomic mass is 10.1. The highest BCUT2D eigenvalue weighted by Crippen LogP contribution is 2.42. The van der Waals surface area contributed by atoms with Gasteiger partial charge in [-0.05, 0) is 55.1 Å². The zero-order valence-corrected chi connectivity index (χ0v) is 18.0. The van der Waals surface area contributed by atoms with Gasteiger partial charge in [0.05, 0.1) is 34.9 Å². The summed E-state index contributed by atoms with van der Waals surface area (Å²) in [5.41, 5.74) is 7.54. The Morgan fingerprint density at radius 2 is 1.96 bits per heavy atom. The summed E-state index contributed by atoms with van der Waals surface area (Å²) in [6.45, 7) is 3.75. The van der Waals surface area contributed by atoms with E-state index < -0.39 is 0 Å². The molecule has 3 N–H and O–H groups in total. The number of thioether (sulfide) groups is 1. The summed E-state index contributed by atoms with van der Waals surface area (Å²) < 4.78 is 5.66. The third-order valence-corrected chi connectivity index (χ3v) is 8.47. The Balaban J connectivity index is 1.50. The minimum atomic E-state index is -0.0640. The van der Waals surface area contributed by atoms with Gasteiger partial charge < -0.3 is 10.6 Å². The van der Waals surface area contributed by atoms with Crippen LogP contribution in [0.1, 0.15) is 34.5 Å². The van der Waals surface area contributed by atoms with Crippen molar-refractivity contribution in [2.24, 2.45) is 0 Å². The van der Waals surface area contributed by atoms with E-state index in [4.69, 9.17) is 17.3 Å². The standard InChI is InChI=1S/C19H20ClN3OS3/c20-13-6-4-12(5-7-13)16(24)17-15(21)14-18(26-17)22-27-19(14)25-11-10-23-8-2-1-3-9-23/h4-7H,1-3,8-11,21H2/p+1. The number of carbonyl (C=O) groups excluding carboxylic acids is 1. The second kappa shape index (κ2) is 8.49. The highest BCUT2D eigenvalue weighted by atomic mass is 35.5. The molecule has 0 bridgehead atoms. The Kier molecular flexibility index (Phi) is 6.04. The molecule has 1 aliphatic heterocycles. The van der Waals surface area contributed by atoms with Crippen LogP contribution in [0.3, 0.4) is 0 Å². The SMILES string of the molecule is Nc1c(C(=O)c2ccc(Cl)cc2)sc2nsc(SCC[NH+]3CCCCC3)c12. The summed E-state index contributed by atoms with van der Waals surface area (Å²) in [5, 5.41) is 1.57. The number of anilines is 1. The maximum atomic E-state index is 12.8. The summed E-state index contributed by atoms with van der Waals surface area (Å²) >= 11 is 10.6. The Morgan fingerprint density at radius 1 is 1.22 bits per heavy atom. The largest absolute Gasteiger partial charge is 0.397 e. The molecular formula is C19H21ClN3OS3+. The van der Waals surface area contributed by atoms with Crippen molar-refractivity contribution in [3.05, 3.63) is 39.7 Å². The molecule has 0 atom stereocenters. The Labute approximate surface area is 175 Å². The van der Waals surface area contributed by atoms with Crippen LogP contribution >= 0.6 is 46.2 Å². The number of likely N-dealkylation sites (tertiary alicyclic amines) is 1. The van der Waals surface area contributed by atoms with Crippen LogP contribution < -0.4 is 10.6 Å². The fourth-order valence-electron chi connectivity index (χ4n) is 3.41. The molecule has 1 fully saturated rings. The average molecular weight is 439 g/mol. The second-order valence-electron chi connectivity index (χ2n) is 6.74. The van der Waals surface area contributed by atoms with E-state index in [1.165, 1.54) is 61.8 Å². The molecule has 4 rings (SSSR count). The van der Waals surface area contributed by atoms with E-state index in [0.29, 0.717) is 21.2 Å². The molecule has 142 valence electrons. The number of benzene rings is 1. The van der Waals surface area contributed by atoms with Crippen molar-refractivity contribution in [2.45, 2.75) is 23.5 Å². The maximum Gasteiger partial charge on any atom is 0.205 e. The molecule has 2 aromatic heterocycles. The van der Waals surface area contributed by atoms with Crippen LogP contribution in [0.4, 0.5) is 5.69 Å². The second-order valence-corrected chi connectivity index (χ2v) is 10.3. The van der Waals surface area contributed by atoms with Gasteiger partial charge in [0.15, 0.2) is 0 Å². The first-order valence-corrected chi connectivity index (χ1v) is 12.0. The van der Waals surface area contributed by atoms with Gasteiger partial charge in [-0.25, -0.2) is 0 Å². The van der Waals surface area contributed by atoms with E-state index in [2.05, 4.69) is 4.37 Å². The number of rotatable bonds is 6. The minimum absolute atomic E-state index is 0.0640. The number of nitrogens with zero attached hydrogens (tertiary/aromatic N) is 1. The number of nitrogen functional groups attached to an aromatic ring is 1. The van der Waals surface area contributed by atoms with Crippen LogP contribution in [-0.4, -0.2) is 35.5 Å². The minimum Gasteiger partial charge on any atom is -0.397 e. The number of quaternary nitrogens is 1. The van der Waals surface area contributed by atoms with Gasteiger partial charge in [-0.1, -0.05) is 11.6 Å². The van der Waals surface area contributed by atoms with E-state index in [0.717, 1.165) is 20.2 Å². The van der Waals surface area contributed by atoms with Crippen LogP contribution in [0.15, 0.2) is 28.5 Å². The number of hydrogen-bond acceptors (Lipinski definition) is 6. The highest BCUT2D eigenvalue weighted by molar-refractivity contribution is 8.01. The van der Waals surface area contributed by atoms with Gasteiger partial charge in [0.1, 0.15) is 9.71 Å². The first-order chi connectivity index (χ1) is 13.1. The number of nitrogens with two attached hydrogens (primary N) is 1. The number of ketones is 1. The van der Waals surface area contributed by atoms with Crippen LogP contribution in [0.2, 0.25) is 5.02 Å². The van der Waals surface area contributed by atoms with Crippen molar-refractivity contribution in [2.75, 3.05) is 31.1 Å². The van der Waals surface area contributed by atoms with E-state index in [1.54, 1.807) is 29.2 Å². The Bertz CT molecular complexity index is 945. The molecule has 3 aromatic rings. The molecule has 3 heterocycles. The summed E-state index contributed by atoms with van der Waals surface area (Å²) in [5.74, 6) is 0.994. The predicted octanol–water partition coefficient (Wildman–Crippen LogP) is 3.99. The van der Waals surface area contributed by atoms with Crippen LogP contribution in [0.5, 0.6) is 0 Å². The van der Waals surface area contributed by atoms with E-state index in [1.807, 2.05) is 11.8 Å². The molecule has 1 saturated heterocycles. The van der Waals surface area contributed by atoms with Gasteiger partial charge in [0, 0.05) is 16.3 Å². The molecule has 4 nitrogen and oxygen atoms in total. The number of nitrogens with one attached hydrogen (secondary N) is 1. The van der Waals surface area contributed by atoms with Gasteiger partial charge in [0.25, 0.3) is 0 Å². The summed E-state index contributed by atoms with van der Waals surface area (Å²) in [6, 6.07) is 6.93. The van der Waals surface area contributed by atoms with Crippen molar-refractivity contribution in [3.63, 3.8) is 0 Å². The van der Waals surface area contributed by atoms with Crippen molar-refractivity contribution in [3.8, 4) is 0 Å². The maximum absolute atomic E-state index is 12.8. The zero-order valence-electron chi connectivity index (χ0n) is 14.8. The first kappa shape index (κ1) is 19.2. The number of hydrogen-bond donors (Lipinski definition) is 2. The zero-order chi connectivity index (χ0) is 18.8. The molecule has 0 amide bonds. The molecule has 1 aliphatic rings. The number of thiophene rings is 1. The molecule has 8 heteroatoms. The van der Waals surface area contributed by atoms with Gasteiger partial charge in [0.2, 0.25) is 5.78 Å². The normalized spacial score (nSPS) is 15.4. The van der Waals surface area contributed by atoms with Gasteiger partial charge in [-0.3, -0.25) is 4.79 Å². The highest BCUT2D eigenvalue weighted by Gasteiger charge is 2.23.